The molecule has 9 nitrogen and oxygen atoms in total. The van der Waals surface area contributed by atoms with Crippen LogP contribution in [0.4, 0.5) is 23.7 Å². The number of aryl methyl sites for hydroxylation is 1. The van der Waals surface area contributed by atoms with Crippen molar-refractivity contribution in [3.63, 3.8) is 0 Å². The number of benzene rings is 2. The number of carbonyl (C=O) groups is 3. The second-order valence-electron chi connectivity index (χ2n) is 8.29. The van der Waals surface area contributed by atoms with E-state index in [4.69, 9.17) is 9.15 Å². The molecule has 0 bridgehead atoms. The number of anilines is 1. The zero-order valence-electron chi connectivity index (χ0n) is 19.6. The minimum absolute atomic E-state index is 0.00950. The van der Waals surface area contributed by atoms with Crippen molar-refractivity contribution in [3.8, 4) is 0 Å². The number of aromatic nitrogens is 1. The molecule has 1 aromatic heterocycles. The van der Waals surface area contributed by atoms with Gasteiger partial charge in [-0.3, -0.25) is 24.0 Å². The third kappa shape index (κ3) is 4.34. The third-order valence-electron chi connectivity index (χ3n) is 6.13. The number of carbonyl (C=O) groups excluding carboxylic acids is 3. The van der Waals surface area contributed by atoms with Crippen LogP contribution < -0.4 is 10.7 Å². The van der Waals surface area contributed by atoms with Gasteiger partial charge in [-0.15, -0.1) is 0 Å². The Morgan fingerprint density at radius 2 is 1.89 bits per heavy atom. The van der Waals surface area contributed by atoms with E-state index in [9.17, 15) is 32.3 Å². The molecule has 0 N–H and O–H groups in total. The summed E-state index contributed by atoms with van der Waals surface area (Å²) in [5, 5.41) is 0. The lowest BCUT2D eigenvalue weighted by atomic mass is 9.99. The maximum Gasteiger partial charge on any atom is 0.419 e. The number of rotatable bonds is 5. The van der Waals surface area contributed by atoms with Crippen molar-refractivity contribution in [2.75, 3.05) is 18.1 Å². The highest BCUT2D eigenvalue weighted by molar-refractivity contribution is 6.12. The number of esters is 1. The van der Waals surface area contributed by atoms with Crippen LogP contribution >= 0.6 is 0 Å². The first-order chi connectivity index (χ1) is 16.9. The van der Waals surface area contributed by atoms with Gasteiger partial charge in [0.2, 0.25) is 5.91 Å². The van der Waals surface area contributed by atoms with Crippen LogP contribution in [-0.2, 0) is 34.1 Å². The largest absolute Gasteiger partial charge is 0.465 e. The molecule has 0 aliphatic carbocycles. The minimum atomic E-state index is -4.62. The Morgan fingerprint density at radius 1 is 1.17 bits per heavy atom. The van der Waals surface area contributed by atoms with Crippen LogP contribution in [0.3, 0.4) is 0 Å². The van der Waals surface area contributed by atoms with Crippen molar-refractivity contribution in [3.05, 3.63) is 63.6 Å². The number of amides is 3. The molecule has 3 amide bonds. The summed E-state index contributed by atoms with van der Waals surface area (Å²) in [7, 11) is 1.51. The Kier molecular flexibility index (Phi) is 6.37. The molecular weight excluding hydrogens is 483 g/mol. The lowest BCUT2D eigenvalue weighted by Gasteiger charge is -2.37. The number of ether oxygens (including phenoxy) is 1. The van der Waals surface area contributed by atoms with Crippen molar-refractivity contribution in [2.45, 2.75) is 26.6 Å². The van der Waals surface area contributed by atoms with E-state index in [1.165, 1.54) is 42.8 Å². The molecule has 12 heteroatoms. The summed E-state index contributed by atoms with van der Waals surface area (Å²) in [6, 6.07) is 7.12. The molecule has 1 aliphatic rings. The molecule has 2 heterocycles. The number of imide groups is 1. The number of fused-ring (bicyclic) bond motifs is 1. The normalized spacial score (nSPS) is 16.7. The van der Waals surface area contributed by atoms with Crippen LogP contribution in [0.5, 0.6) is 0 Å². The summed E-state index contributed by atoms with van der Waals surface area (Å²) in [4.78, 5) is 52.9. The van der Waals surface area contributed by atoms with Crippen LogP contribution in [-0.4, -0.2) is 40.5 Å². The number of halogens is 3. The van der Waals surface area contributed by atoms with Gasteiger partial charge in [0.1, 0.15) is 0 Å². The summed E-state index contributed by atoms with van der Waals surface area (Å²) in [5.74, 6) is -3.75. The van der Waals surface area contributed by atoms with Crippen molar-refractivity contribution in [1.82, 2.24) is 9.47 Å². The Bertz CT molecular complexity index is 1420. The predicted molar refractivity (Wildman–Crippen MR) is 121 cm³/mol. The Labute approximate surface area is 202 Å². The second kappa shape index (κ2) is 9.17. The van der Waals surface area contributed by atoms with Crippen molar-refractivity contribution in [2.24, 2.45) is 13.0 Å². The Morgan fingerprint density at radius 3 is 2.56 bits per heavy atom. The molecule has 1 saturated heterocycles. The lowest BCUT2D eigenvalue weighted by molar-refractivity contribution is -0.154. The topological polar surface area (TPSA) is 102 Å². The number of urea groups is 1. The molecule has 3 aromatic rings. The summed E-state index contributed by atoms with van der Waals surface area (Å²) >= 11 is 0. The Balaban J connectivity index is 1.76. The highest BCUT2D eigenvalue weighted by Gasteiger charge is 2.44. The predicted octanol–water partition coefficient (Wildman–Crippen LogP) is 3.61. The van der Waals surface area contributed by atoms with Crippen LogP contribution in [0.2, 0.25) is 0 Å². The van der Waals surface area contributed by atoms with Crippen LogP contribution in [0.25, 0.3) is 11.1 Å². The van der Waals surface area contributed by atoms with Gasteiger partial charge in [0.15, 0.2) is 11.5 Å². The monoisotopic (exact) mass is 505 g/mol. The van der Waals surface area contributed by atoms with Gasteiger partial charge in [0, 0.05) is 18.8 Å². The fraction of sp³-hybridized carbons (Fsp3) is 0.333. The van der Waals surface area contributed by atoms with E-state index in [2.05, 4.69) is 0 Å². The second-order valence-corrected chi connectivity index (χ2v) is 8.29. The maximum atomic E-state index is 13.4. The van der Waals surface area contributed by atoms with E-state index in [-0.39, 0.29) is 35.5 Å². The molecule has 0 radical (unpaired) electrons. The molecule has 4 rings (SSSR count). The summed E-state index contributed by atoms with van der Waals surface area (Å²) in [6.07, 6.45) is -4.62. The third-order valence-corrected chi connectivity index (χ3v) is 6.13. The standard InChI is InChI=1S/C24H22F3N3O6/c1-4-35-21(32)16-12-29(15-8-9-18-19(10-15)36-23(34)28(18)3)22(33)30(20(16)31)11-14-6-5-7-17(13(14)2)24(25,26)27/h5-10,16H,4,11-12H2,1-3H3. The van der Waals surface area contributed by atoms with Gasteiger partial charge in [-0.2, -0.15) is 13.2 Å². The molecule has 2 aromatic carbocycles. The van der Waals surface area contributed by atoms with E-state index in [0.29, 0.717) is 5.52 Å². The number of hydrogen-bond donors (Lipinski definition) is 0. The van der Waals surface area contributed by atoms with Gasteiger partial charge in [0.05, 0.1) is 30.8 Å². The van der Waals surface area contributed by atoms with Gasteiger partial charge < -0.3 is 9.15 Å². The lowest BCUT2D eigenvalue weighted by Crippen LogP contribution is -2.58. The quantitative estimate of drug-likeness (QED) is 0.388. The number of oxazole rings is 1. The summed E-state index contributed by atoms with van der Waals surface area (Å²) in [5.41, 5.74) is -0.0570. The number of alkyl halides is 3. The average molecular weight is 505 g/mol. The number of hydrogen-bond acceptors (Lipinski definition) is 6. The van der Waals surface area contributed by atoms with E-state index in [0.717, 1.165) is 15.9 Å². The Hall–Kier alpha value is -4.09. The fourth-order valence-corrected chi connectivity index (χ4v) is 4.17. The smallest absolute Gasteiger partial charge is 0.419 e. The van der Waals surface area contributed by atoms with E-state index in [1.807, 2.05) is 0 Å². The molecule has 0 spiro atoms. The van der Waals surface area contributed by atoms with Gasteiger partial charge >= 0.3 is 23.9 Å². The fourth-order valence-electron chi connectivity index (χ4n) is 4.17. The molecule has 36 heavy (non-hydrogen) atoms. The van der Waals surface area contributed by atoms with Gasteiger partial charge in [-0.05, 0) is 43.2 Å². The molecular formula is C24H22F3N3O6. The van der Waals surface area contributed by atoms with Crippen LogP contribution in [0.1, 0.15) is 23.6 Å². The summed E-state index contributed by atoms with van der Waals surface area (Å²) < 4.78 is 51.7. The first-order valence-electron chi connectivity index (χ1n) is 11.0. The zero-order chi connectivity index (χ0) is 26.4. The van der Waals surface area contributed by atoms with Crippen molar-refractivity contribution < 1.29 is 36.7 Å². The molecule has 0 saturated carbocycles. The average Bonchev–Trinajstić information content (AvgIpc) is 3.09. The molecule has 190 valence electrons. The van der Waals surface area contributed by atoms with Gasteiger partial charge in [0.25, 0.3) is 0 Å². The first kappa shape index (κ1) is 25.0. The van der Waals surface area contributed by atoms with Crippen molar-refractivity contribution >= 4 is 34.7 Å². The maximum absolute atomic E-state index is 13.4. The highest BCUT2D eigenvalue weighted by atomic mass is 19.4. The molecule has 1 aliphatic heterocycles. The summed E-state index contributed by atoms with van der Waals surface area (Å²) in [6.45, 7) is 1.97. The highest BCUT2D eigenvalue weighted by Crippen LogP contribution is 2.34. The van der Waals surface area contributed by atoms with Gasteiger partial charge in [-0.25, -0.2) is 9.59 Å². The molecule has 1 unspecified atom stereocenters. The van der Waals surface area contributed by atoms with Crippen molar-refractivity contribution in [1.29, 1.82) is 0 Å². The van der Waals surface area contributed by atoms with Gasteiger partial charge in [-0.1, -0.05) is 12.1 Å². The molecule has 1 atom stereocenters. The van der Waals surface area contributed by atoms with Crippen LogP contribution in [0.15, 0.2) is 45.6 Å². The molecule has 1 fully saturated rings. The number of nitrogens with zero attached hydrogens (tertiary/aromatic N) is 3. The van der Waals surface area contributed by atoms with E-state index >= 15 is 0 Å². The first-order valence-corrected chi connectivity index (χ1v) is 11.0. The van der Waals surface area contributed by atoms with E-state index < -0.39 is 47.9 Å². The zero-order valence-corrected chi connectivity index (χ0v) is 19.6. The van der Waals surface area contributed by atoms with Crippen LogP contribution in [0, 0.1) is 12.8 Å². The minimum Gasteiger partial charge on any atom is -0.465 e. The van der Waals surface area contributed by atoms with E-state index in [1.54, 1.807) is 13.0 Å². The SMILES string of the molecule is CCOC(=O)C1CN(c2ccc3c(c2)oc(=O)n3C)C(=O)N(Cc2cccc(C(F)(F)F)c2C)C1=O.